The molecule has 2 aromatic rings. The summed E-state index contributed by atoms with van der Waals surface area (Å²) in [4.78, 5) is 23.5. The number of hydrogen-bond donors (Lipinski definition) is 2. The van der Waals surface area contributed by atoms with Crippen LogP contribution in [0.3, 0.4) is 0 Å². The summed E-state index contributed by atoms with van der Waals surface area (Å²) in [5.74, 6) is -2.04. The SMILES string of the molecule is Cc1cc(C)c(NC(=O)COC(=O)CNS(=O)(=O)c2ccc(F)cc2)c(C)c1. The number of ether oxygens (including phenoxy) is 1. The number of aryl methyl sites for hydroxylation is 3. The van der Waals surface area contributed by atoms with Gasteiger partial charge < -0.3 is 10.1 Å². The maximum absolute atomic E-state index is 12.9. The van der Waals surface area contributed by atoms with Crippen LogP contribution >= 0.6 is 0 Å². The molecule has 1 amide bonds. The molecule has 0 aromatic heterocycles. The van der Waals surface area contributed by atoms with Crippen LogP contribution in [0.4, 0.5) is 10.1 Å². The molecule has 0 bridgehead atoms. The Morgan fingerprint density at radius 1 is 1.04 bits per heavy atom. The van der Waals surface area contributed by atoms with Crippen molar-refractivity contribution in [1.82, 2.24) is 4.72 Å². The fourth-order valence-corrected chi connectivity index (χ4v) is 3.57. The van der Waals surface area contributed by atoms with Crippen molar-refractivity contribution in [2.24, 2.45) is 0 Å². The summed E-state index contributed by atoms with van der Waals surface area (Å²) in [6.07, 6.45) is 0. The van der Waals surface area contributed by atoms with Gasteiger partial charge in [-0.25, -0.2) is 12.8 Å². The van der Waals surface area contributed by atoms with Crippen molar-refractivity contribution in [2.75, 3.05) is 18.5 Å². The van der Waals surface area contributed by atoms with E-state index >= 15 is 0 Å². The highest BCUT2D eigenvalue weighted by molar-refractivity contribution is 7.89. The van der Waals surface area contributed by atoms with E-state index in [2.05, 4.69) is 5.32 Å². The minimum absolute atomic E-state index is 0.190. The smallest absolute Gasteiger partial charge is 0.321 e. The van der Waals surface area contributed by atoms with Gasteiger partial charge in [0.25, 0.3) is 5.91 Å². The molecule has 0 atom stereocenters. The molecule has 2 rings (SSSR count). The lowest BCUT2D eigenvalue weighted by Crippen LogP contribution is -2.32. The summed E-state index contributed by atoms with van der Waals surface area (Å²) in [6, 6.07) is 7.96. The normalized spacial score (nSPS) is 11.1. The minimum atomic E-state index is -3.99. The lowest BCUT2D eigenvalue weighted by Gasteiger charge is -2.13. The van der Waals surface area contributed by atoms with Crippen molar-refractivity contribution in [3.63, 3.8) is 0 Å². The summed E-state index contributed by atoms with van der Waals surface area (Å²) < 4.78 is 43.7. The van der Waals surface area contributed by atoms with Crippen LogP contribution < -0.4 is 10.0 Å². The highest BCUT2D eigenvalue weighted by Gasteiger charge is 2.17. The number of esters is 1. The highest BCUT2D eigenvalue weighted by Crippen LogP contribution is 2.21. The molecule has 0 fully saturated rings. The third-order valence-corrected chi connectivity index (χ3v) is 5.25. The van der Waals surface area contributed by atoms with Crippen molar-refractivity contribution >= 4 is 27.6 Å². The molecule has 2 N–H and O–H groups in total. The molecule has 0 unspecified atom stereocenters. The molecule has 28 heavy (non-hydrogen) atoms. The second-order valence-corrected chi connectivity index (χ2v) is 8.03. The second kappa shape index (κ2) is 8.94. The molecule has 0 heterocycles. The first kappa shape index (κ1) is 21.5. The average Bonchev–Trinajstić information content (AvgIpc) is 2.61. The monoisotopic (exact) mass is 408 g/mol. The van der Waals surface area contributed by atoms with E-state index in [1.807, 2.05) is 37.6 Å². The molecular weight excluding hydrogens is 387 g/mol. The molecule has 7 nitrogen and oxygen atoms in total. The number of rotatable bonds is 7. The van der Waals surface area contributed by atoms with E-state index in [1.54, 1.807) is 0 Å². The Kier molecular flexibility index (Phi) is 6.87. The lowest BCUT2D eigenvalue weighted by atomic mass is 10.1. The number of benzene rings is 2. The standard InChI is InChI=1S/C19H21FN2O5S/c1-12-8-13(2)19(14(3)9-12)22-17(23)11-27-18(24)10-21-28(25,26)16-6-4-15(20)5-7-16/h4-9,21H,10-11H2,1-3H3,(H,22,23). The Hall–Kier alpha value is -2.78. The van der Waals surface area contributed by atoms with Crippen molar-refractivity contribution in [1.29, 1.82) is 0 Å². The molecule has 0 radical (unpaired) electrons. The molecule has 0 aliphatic heterocycles. The van der Waals surface area contributed by atoms with Crippen LogP contribution in [-0.4, -0.2) is 33.4 Å². The molecule has 0 saturated heterocycles. The summed E-state index contributed by atoms with van der Waals surface area (Å²) >= 11 is 0. The fraction of sp³-hybridized carbons (Fsp3) is 0.263. The average molecular weight is 408 g/mol. The predicted octanol–water partition coefficient (Wildman–Crippen LogP) is 2.21. The Morgan fingerprint density at radius 3 is 2.18 bits per heavy atom. The van der Waals surface area contributed by atoms with E-state index in [4.69, 9.17) is 4.74 Å². The van der Waals surface area contributed by atoms with Gasteiger partial charge in [-0.15, -0.1) is 0 Å². The number of hydrogen-bond acceptors (Lipinski definition) is 5. The van der Waals surface area contributed by atoms with Crippen molar-refractivity contribution in [3.05, 3.63) is 58.9 Å². The van der Waals surface area contributed by atoms with E-state index in [0.717, 1.165) is 41.0 Å². The second-order valence-electron chi connectivity index (χ2n) is 6.26. The van der Waals surface area contributed by atoms with Crippen molar-refractivity contribution in [2.45, 2.75) is 25.7 Å². The Labute approximate surface area is 163 Å². The van der Waals surface area contributed by atoms with E-state index in [9.17, 15) is 22.4 Å². The number of amides is 1. The zero-order valence-electron chi connectivity index (χ0n) is 15.7. The third-order valence-electron chi connectivity index (χ3n) is 3.84. The van der Waals surface area contributed by atoms with Gasteiger partial charge in [-0.3, -0.25) is 9.59 Å². The van der Waals surface area contributed by atoms with Crippen LogP contribution in [0.1, 0.15) is 16.7 Å². The number of anilines is 1. The number of carbonyl (C=O) groups is 2. The summed E-state index contributed by atoms with van der Waals surface area (Å²) in [7, 11) is -3.99. The molecule has 2 aromatic carbocycles. The summed E-state index contributed by atoms with van der Waals surface area (Å²) in [5.41, 5.74) is 3.46. The molecule has 0 aliphatic rings. The number of nitrogens with one attached hydrogen (secondary N) is 2. The van der Waals surface area contributed by atoms with Gasteiger partial charge in [0, 0.05) is 5.69 Å². The van der Waals surface area contributed by atoms with Gasteiger partial charge >= 0.3 is 5.97 Å². The van der Waals surface area contributed by atoms with Gasteiger partial charge in [-0.2, -0.15) is 4.72 Å². The summed E-state index contributed by atoms with van der Waals surface area (Å²) in [5, 5.41) is 2.67. The van der Waals surface area contributed by atoms with Crippen LogP contribution in [0.2, 0.25) is 0 Å². The Morgan fingerprint density at radius 2 is 1.61 bits per heavy atom. The topological polar surface area (TPSA) is 102 Å². The quantitative estimate of drug-likeness (QED) is 0.684. The molecule has 0 spiro atoms. The van der Waals surface area contributed by atoms with Gasteiger partial charge in [0.05, 0.1) is 4.90 Å². The third kappa shape index (κ3) is 5.86. The number of sulfonamides is 1. The van der Waals surface area contributed by atoms with E-state index in [0.29, 0.717) is 5.69 Å². The van der Waals surface area contributed by atoms with Crippen LogP contribution in [0.15, 0.2) is 41.3 Å². The summed E-state index contributed by atoms with van der Waals surface area (Å²) in [6.45, 7) is 4.44. The van der Waals surface area contributed by atoms with E-state index in [1.165, 1.54) is 0 Å². The van der Waals surface area contributed by atoms with Gasteiger partial charge in [0.2, 0.25) is 10.0 Å². The van der Waals surface area contributed by atoms with Crippen LogP contribution in [-0.2, 0) is 24.3 Å². The fourth-order valence-electron chi connectivity index (χ4n) is 2.60. The number of carbonyl (C=O) groups excluding carboxylic acids is 2. The zero-order chi connectivity index (χ0) is 20.9. The van der Waals surface area contributed by atoms with Gasteiger partial charge in [0.1, 0.15) is 12.4 Å². The Balaban J connectivity index is 1.85. The van der Waals surface area contributed by atoms with Crippen LogP contribution in [0.25, 0.3) is 0 Å². The van der Waals surface area contributed by atoms with Gasteiger partial charge in [0.15, 0.2) is 6.61 Å². The number of halogens is 1. The zero-order valence-corrected chi connectivity index (χ0v) is 16.5. The molecular formula is C19H21FN2O5S. The van der Waals surface area contributed by atoms with Gasteiger partial charge in [-0.05, 0) is 56.2 Å². The minimum Gasteiger partial charge on any atom is -0.455 e. The first-order valence-corrected chi connectivity index (χ1v) is 9.85. The van der Waals surface area contributed by atoms with Crippen molar-refractivity contribution < 1.29 is 27.1 Å². The first-order chi connectivity index (χ1) is 13.1. The molecule has 150 valence electrons. The van der Waals surface area contributed by atoms with Crippen LogP contribution in [0.5, 0.6) is 0 Å². The maximum Gasteiger partial charge on any atom is 0.321 e. The van der Waals surface area contributed by atoms with Crippen LogP contribution in [0, 0.1) is 26.6 Å². The molecule has 9 heteroatoms. The van der Waals surface area contributed by atoms with E-state index < -0.39 is 40.9 Å². The first-order valence-electron chi connectivity index (χ1n) is 8.37. The predicted molar refractivity (Wildman–Crippen MR) is 102 cm³/mol. The Bertz CT molecular complexity index is 965. The molecule has 0 saturated carbocycles. The molecule has 0 aliphatic carbocycles. The van der Waals surface area contributed by atoms with Crippen molar-refractivity contribution in [3.8, 4) is 0 Å². The van der Waals surface area contributed by atoms with Gasteiger partial charge in [-0.1, -0.05) is 17.7 Å². The highest BCUT2D eigenvalue weighted by atomic mass is 32.2. The lowest BCUT2D eigenvalue weighted by molar-refractivity contribution is -0.146. The maximum atomic E-state index is 12.9. The van der Waals surface area contributed by atoms with E-state index in [-0.39, 0.29) is 4.90 Å². The largest absolute Gasteiger partial charge is 0.455 e.